The average Bonchev–Trinajstić information content (AvgIpc) is 1.89. The summed E-state index contributed by atoms with van der Waals surface area (Å²) in [6.45, 7) is 6.39. The zero-order chi connectivity index (χ0) is 7.82. The zero-order valence-electron chi connectivity index (χ0n) is 7.02. The molecule has 0 fully saturated rings. The number of nitrogens with one attached hydrogen (secondary N) is 1. The van der Waals surface area contributed by atoms with Gasteiger partial charge in [-0.2, -0.15) is 0 Å². The van der Waals surface area contributed by atoms with Gasteiger partial charge in [0, 0.05) is 13.7 Å². The highest BCUT2D eigenvalue weighted by Gasteiger charge is 1.98. The molecule has 0 aromatic heterocycles. The predicted molar refractivity (Wildman–Crippen MR) is 40.7 cm³/mol. The lowest BCUT2D eigenvalue weighted by atomic mass is 10.2. The zero-order valence-corrected chi connectivity index (χ0v) is 7.02. The van der Waals surface area contributed by atoms with Gasteiger partial charge in [-0.05, 0) is 12.8 Å². The van der Waals surface area contributed by atoms with Gasteiger partial charge in [-0.1, -0.05) is 6.92 Å². The van der Waals surface area contributed by atoms with Crippen LogP contribution in [0.5, 0.6) is 0 Å². The lowest BCUT2D eigenvalue weighted by Gasteiger charge is -2.09. The maximum absolute atomic E-state index is 4.94. The van der Waals surface area contributed by atoms with Crippen molar-refractivity contribution in [1.82, 2.24) is 5.48 Å². The first-order valence-corrected chi connectivity index (χ1v) is 3.64. The topological polar surface area (TPSA) is 30.5 Å². The predicted octanol–water partition coefficient (Wildman–Crippen LogP) is 0.810. The van der Waals surface area contributed by atoms with E-state index in [1.165, 1.54) is 0 Å². The molecule has 1 atom stereocenters. The summed E-state index contributed by atoms with van der Waals surface area (Å²) >= 11 is 0. The molecule has 0 saturated heterocycles. The smallest absolute Gasteiger partial charge is 0.0653 e. The van der Waals surface area contributed by atoms with Crippen LogP contribution in [0.4, 0.5) is 0 Å². The van der Waals surface area contributed by atoms with Crippen LogP contribution in [0.25, 0.3) is 0 Å². The third-order valence-corrected chi connectivity index (χ3v) is 1.13. The fraction of sp³-hybridized carbons (Fsp3) is 1.00. The first-order valence-electron chi connectivity index (χ1n) is 3.64. The van der Waals surface area contributed by atoms with E-state index in [0.717, 1.165) is 13.2 Å². The third-order valence-electron chi connectivity index (χ3n) is 1.13. The second kappa shape index (κ2) is 6.99. The first-order chi connectivity index (χ1) is 4.81. The van der Waals surface area contributed by atoms with Crippen LogP contribution in [-0.2, 0) is 9.57 Å². The minimum Gasteiger partial charge on any atom is -0.384 e. The van der Waals surface area contributed by atoms with Gasteiger partial charge in [0.25, 0.3) is 0 Å². The summed E-state index contributed by atoms with van der Waals surface area (Å²) in [4.78, 5) is 4.94. The van der Waals surface area contributed by atoms with E-state index in [4.69, 9.17) is 9.57 Å². The summed E-state index contributed by atoms with van der Waals surface area (Å²) in [7, 11) is 1.71. The van der Waals surface area contributed by atoms with E-state index in [2.05, 4.69) is 12.4 Å². The van der Waals surface area contributed by atoms with Crippen molar-refractivity contribution in [3.63, 3.8) is 0 Å². The Morgan fingerprint density at radius 2 is 2.20 bits per heavy atom. The van der Waals surface area contributed by atoms with Crippen LogP contribution in [0.15, 0.2) is 0 Å². The molecular weight excluding hydrogens is 130 g/mol. The van der Waals surface area contributed by atoms with Gasteiger partial charge in [0.05, 0.1) is 13.2 Å². The Kier molecular flexibility index (Phi) is 6.91. The molecule has 0 rings (SSSR count). The van der Waals surface area contributed by atoms with E-state index in [-0.39, 0.29) is 0 Å². The standard InChI is InChI=1S/C7H17NO2/c1-4-10-8-5-7(2)6-9-3/h7-8H,4-6H2,1-3H3. The number of hydroxylamine groups is 1. The summed E-state index contributed by atoms with van der Waals surface area (Å²) in [6.07, 6.45) is 0. The number of rotatable bonds is 6. The van der Waals surface area contributed by atoms with E-state index in [1.807, 2.05) is 6.92 Å². The Balaban J connectivity index is 2.97. The fourth-order valence-electron chi connectivity index (χ4n) is 0.647. The highest BCUT2D eigenvalue weighted by molar-refractivity contribution is 4.49. The minimum atomic E-state index is 0.511. The van der Waals surface area contributed by atoms with Crippen LogP contribution in [0.1, 0.15) is 13.8 Å². The molecule has 0 aromatic rings. The van der Waals surface area contributed by atoms with Gasteiger partial charge in [0.1, 0.15) is 0 Å². The molecule has 3 nitrogen and oxygen atoms in total. The van der Waals surface area contributed by atoms with Crippen LogP contribution >= 0.6 is 0 Å². The van der Waals surface area contributed by atoms with Crippen molar-refractivity contribution in [2.75, 3.05) is 26.9 Å². The van der Waals surface area contributed by atoms with Crippen molar-refractivity contribution >= 4 is 0 Å². The normalized spacial score (nSPS) is 13.5. The Hall–Kier alpha value is -0.120. The first kappa shape index (κ1) is 9.88. The molecule has 0 aromatic carbocycles. The van der Waals surface area contributed by atoms with Gasteiger partial charge in [-0.25, -0.2) is 5.48 Å². The molecule has 1 unspecified atom stereocenters. The van der Waals surface area contributed by atoms with Gasteiger partial charge < -0.3 is 9.57 Å². The third kappa shape index (κ3) is 6.01. The van der Waals surface area contributed by atoms with Gasteiger partial charge in [0.15, 0.2) is 0 Å². The lowest BCUT2D eigenvalue weighted by molar-refractivity contribution is 0.0332. The Labute approximate surface area is 62.7 Å². The quantitative estimate of drug-likeness (QED) is 0.445. The number of hydrogen-bond donors (Lipinski definition) is 1. The summed E-state index contributed by atoms with van der Waals surface area (Å²) in [5.41, 5.74) is 2.84. The highest BCUT2D eigenvalue weighted by Crippen LogP contribution is 1.91. The second-order valence-electron chi connectivity index (χ2n) is 2.34. The van der Waals surface area contributed by atoms with Gasteiger partial charge in [0.2, 0.25) is 0 Å². The largest absolute Gasteiger partial charge is 0.384 e. The number of hydrogen-bond acceptors (Lipinski definition) is 3. The minimum absolute atomic E-state index is 0.511. The maximum atomic E-state index is 4.94. The number of ether oxygens (including phenoxy) is 1. The molecule has 3 heteroatoms. The monoisotopic (exact) mass is 147 g/mol. The molecule has 0 radical (unpaired) electrons. The van der Waals surface area contributed by atoms with Crippen LogP contribution in [0, 0.1) is 5.92 Å². The maximum Gasteiger partial charge on any atom is 0.0653 e. The van der Waals surface area contributed by atoms with Gasteiger partial charge in [-0.3, -0.25) is 0 Å². The Morgan fingerprint density at radius 3 is 2.70 bits per heavy atom. The van der Waals surface area contributed by atoms with Crippen molar-refractivity contribution in [2.24, 2.45) is 5.92 Å². The van der Waals surface area contributed by atoms with Crippen LogP contribution < -0.4 is 5.48 Å². The van der Waals surface area contributed by atoms with Crippen molar-refractivity contribution < 1.29 is 9.57 Å². The molecule has 0 bridgehead atoms. The summed E-state index contributed by atoms with van der Waals surface area (Å²) < 4.78 is 4.94. The summed E-state index contributed by atoms with van der Waals surface area (Å²) in [5.74, 6) is 0.511. The molecule has 0 amide bonds. The van der Waals surface area contributed by atoms with Crippen molar-refractivity contribution in [3.8, 4) is 0 Å². The van der Waals surface area contributed by atoms with E-state index in [9.17, 15) is 0 Å². The van der Waals surface area contributed by atoms with E-state index >= 15 is 0 Å². The summed E-state index contributed by atoms with van der Waals surface area (Å²) in [5, 5.41) is 0. The van der Waals surface area contributed by atoms with Gasteiger partial charge in [-0.15, -0.1) is 0 Å². The molecule has 0 heterocycles. The van der Waals surface area contributed by atoms with Crippen molar-refractivity contribution in [2.45, 2.75) is 13.8 Å². The van der Waals surface area contributed by atoms with E-state index in [1.54, 1.807) is 7.11 Å². The molecule has 1 N–H and O–H groups in total. The Bertz CT molecular complexity index is 68.6. The fourth-order valence-corrected chi connectivity index (χ4v) is 0.647. The molecule has 10 heavy (non-hydrogen) atoms. The molecule has 0 saturated carbocycles. The molecule has 62 valence electrons. The Morgan fingerprint density at radius 1 is 1.50 bits per heavy atom. The van der Waals surface area contributed by atoms with Crippen LogP contribution in [0.3, 0.4) is 0 Å². The van der Waals surface area contributed by atoms with Gasteiger partial charge >= 0.3 is 0 Å². The van der Waals surface area contributed by atoms with Crippen molar-refractivity contribution in [1.29, 1.82) is 0 Å². The van der Waals surface area contributed by atoms with E-state index < -0.39 is 0 Å². The molecule has 0 aliphatic rings. The second-order valence-corrected chi connectivity index (χ2v) is 2.34. The molecule has 0 aliphatic carbocycles. The van der Waals surface area contributed by atoms with Crippen molar-refractivity contribution in [3.05, 3.63) is 0 Å². The number of methoxy groups -OCH3 is 1. The molecule has 0 spiro atoms. The van der Waals surface area contributed by atoms with E-state index in [0.29, 0.717) is 12.5 Å². The van der Waals surface area contributed by atoms with Crippen LogP contribution in [0.2, 0.25) is 0 Å². The average molecular weight is 147 g/mol. The SMILES string of the molecule is CCONCC(C)COC. The summed E-state index contributed by atoms with van der Waals surface area (Å²) in [6, 6.07) is 0. The molecular formula is C7H17NO2. The van der Waals surface area contributed by atoms with Crippen LogP contribution in [-0.4, -0.2) is 26.9 Å². The highest BCUT2D eigenvalue weighted by atomic mass is 16.6. The lowest BCUT2D eigenvalue weighted by Crippen LogP contribution is -2.23. The molecule has 0 aliphatic heterocycles.